The van der Waals surface area contributed by atoms with Crippen molar-refractivity contribution in [3.8, 4) is 0 Å². The van der Waals surface area contributed by atoms with Gasteiger partial charge in [0, 0.05) is 12.1 Å². The zero-order valence-electron chi connectivity index (χ0n) is 9.06. The van der Waals surface area contributed by atoms with E-state index in [1.165, 1.54) is 26.3 Å². The first-order valence-electron chi connectivity index (χ1n) is 5.17. The standard InChI is InChI=1S/C10H14N4O2/c1-16-10(15)5-11-8-4-9(13-6-12-8)14-7-2-3-7/h4,6-7H,2-3,5H2,1H3,(H2,11,12,13,14). The second-order valence-electron chi connectivity index (χ2n) is 3.64. The Hall–Kier alpha value is -1.85. The van der Waals surface area contributed by atoms with Crippen LogP contribution in [0.3, 0.4) is 0 Å². The SMILES string of the molecule is COC(=O)CNc1cc(NC2CC2)ncn1. The Bertz CT molecular complexity index is 379. The molecule has 0 spiro atoms. The number of nitrogens with one attached hydrogen (secondary N) is 2. The third-order valence-corrected chi connectivity index (χ3v) is 2.24. The van der Waals surface area contributed by atoms with Gasteiger partial charge in [-0.3, -0.25) is 4.79 Å². The van der Waals surface area contributed by atoms with Gasteiger partial charge in [0.2, 0.25) is 0 Å². The van der Waals surface area contributed by atoms with Gasteiger partial charge in [-0.15, -0.1) is 0 Å². The summed E-state index contributed by atoms with van der Waals surface area (Å²) in [5.74, 6) is 1.07. The van der Waals surface area contributed by atoms with Crippen LogP contribution in [0.2, 0.25) is 0 Å². The maximum atomic E-state index is 10.9. The largest absolute Gasteiger partial charge is 0.468 e. The molecule has 6 heteroatoms. The summed E-state index contributed by atoms with van der Waals surface area (Å²) in [7, 11) is 1.35. The molecule has 1 aromatic rings. The van der Waals surface area contributed by atoms with E-state index < -0.39 is 0 Å². The maximum Gasteiger partial charge on any atom is 0.325 e. The molecule has 0 aromatic carbocycles. The summed E-state index contributed by atoms with van der Waals surface area (Å²) in [6.45, 7) is 0.108. The lowest BCUT2D eigenvalue weighted by Crippen LogP contribution is -2.16. The van der Waals surface area contributed by atoms with Crippen LogP contribution in [0.15, 0.2) is 12.4 Å². The van der Waals surface area contributed by atoms with Gasteiger partial charge in [0.15, 0.2) is 0 Å². The lowest BCUT2D eigenvalue weighted by atomic mass is 10.5. The van der Waals surface area contributed by atoms with Crippen LogP contribution in [0.5, 0.6) is 0 Å². The highest BCUT2D eigenvalue weighted by Gasteiger charge is 2.21. The average molecular weight is 222 g/mol. The second-order valence-corrected chi connectivity index (χ2v) is 3.64. The third-order valence-electron chi connectivity index (χ3n) is 2.24. The highest BCUT2D eigenvalue weighted by Crippen LogP contribution is 2.23. The van der Waals surface area contributed by atoms with E-state index in [4.69, 9.17) is 0 Å². The Morgan fingerprint density at radius 3 is 2.94 bits per heavy atom. The molecule has 1 aliphatic rings. The number of hydrogen-bond donors (Lipinski definition) is 2. The van der Waals surface area contributed by atoms with Crippen LogP contribution < -0.4 is 10.6 Å². The summed E-state index contributed by atoms with van der Waals surface area (Å²) in [5.41, 5.74) is 0. The minimum Gasteiger partial charge on any atom is -0.468 e. The number of esters is 1. The van der Waals surface area contributed by atoms with Gasteiger partial charge in [-0.2, -0.15) is 0 Å². The fourth-order valence-electron chi connectivity index (χ4n) is 1.20. The lowest BCUT2D eigenvalue weighted by molar-refractivity contribution is -0.138. The highest BCUT2D eigenvalue weighted by atomic mass is 16.5. The van der Waals surface area contributed by atoms with Gasteiger partial charge in [0.05, 0.1) is 7.11 Å². The Labute approximate surface area is 93.4 Å². The number of ether oxygens (including phenoxy) is 1. The van der Waals surface area contributed by atoms with Crippen LogP contribution in [0.4, 0.5) is 11.6 Å². The smallest absolute Gasteiger partial charge is 0.325 e. The summed E-state index contributed by atoms with van der Waals surface area (Å²) in [4.78, 5) is 19.0. The number of methoxy groups -OCH3 is 1. The van der Waals surface area contributed by atoms with E-state index in [-0.39, 0.29) is 12.5 Å². The first kappa shape index (κ1) is 10.7. The van der Waals surface area contributed by atoms with Crippen molar-refractivity contribution in [2.75, 3.05) is 24.3 Å². The molecule has 6 nitrogen and oxygen atoms in total. The van der Waals surface area contributed by atoms with Crippen molar-refractivity contribution < 1.29 is 9.53 Å². The molecule has 2 N–H and O–H groups in total. The fourth-order valence-corrected chi connectivity index (χ4v) is 1.20. The summed E-state index contributed by atoms with van der Waals surface area (Å²) >= 11 is 0. The van der Waals surface area contributed by atoms with E-state index in [2.05, 4.69) is 25.3 Å². The molecule has 1 fully saturated rings. The summed E-state index contributed by atoms with van der Waals surface area (Å²) in [5, 5.41) is 6.11. The number of carbonyl (C=O) groups excluding carboxylic acids is 1. The minimum absolute atomic E-state index is 0.108. The van der Waals surface area contributed by atoms with Gasteiger partial charge >= 0.3 is 5.97 Å². The predicted molar refractivity (Wildman–Crippen MR) is 59.2 cm³/mol. The zero-order valence-corrected chi connectivity index (χ0v) is 9.06. The second kappa shape index (κ2) is 4.78. The van der Waals surface area contributed by atoms with Crippen molar-refractivity contribution in [2.45, 2.75) is 18.9 Å². The number of anilines is 2. The first-order chi connectivity index (χ1) is 7.78. The Balaban J connectivity index is 1.90. The van der Waals surface area contributed by atoms with Crippen molar-refractivity contribution in [3.63, 3.8) is 0 Å². The van der Waals surface area contributed by atoms with Crippen LogP contribution in [0.25, 0.3) is 0 Å². The van der Waals surface area contributed by atoms with E-state index in [1.54, 1.807) is 6.07 Å². The van der Waals surface area contributed by atoms with Gasteiger partial charge in [0.25, 0.3) is 0 Å². The maximum absolute atomic E-state index is 10.9. The van der Waals surface area contributed by atoms with E-state index in [0.29, 0.717) is 11.9 Å². The zero-order chi connectivity index (χ0) is 11.4. The van der Waals surface area contributed by atoms with E-state index in [1.807, 2.05) is 0 Å². The van der Waals surface area contributed by atoms with Crippen molar-refractivity contribution in [3.05, 3.63) is 12.4 Å². The molecule has 1 saturated carbocycles. The van der Waals surface area contributed by atoms with Crippen LogP contribution in [0, 0.1) is 0 Å². The lowest BCUT2D eigenvalue weighted by Gasteiger charge is -2.06. The van der Waals surface area contributed by atoms with Gasteiger partial charge in [-0.25, -0.2) is 9.97 Å². The molecular weight excluding hydrogens is 208 g/mol. The Kier molecular flexibility index (Phi) is 3.19. The highest BCUT2D eigenvalue weighted by molar-refractivity contribution is 5.74. The number of carbonyl (C=O) groups is 1. The van der Waals surface area contributed by atoms with Gasteiger partial charge < -0.3 is 15.4 Å². The van der Waals surface area contributed by atoms with Crippen LogP contribution in [-0.2, 0) is 9.53 Å². The summed E-state index contributed by atoms with van der Waals surface area (Å²) in [6.07, 6.45) is 3.84. The molecule has 0 bridgehead atoms. The van der Waals surface area contributed by atoms with Crippen LogP contribution >= 0.6 is 0 Å². The average Bonchev–Trinajstić information content (AvgIpc) is 3.10. The number of hydrogen-bond acceptors (Lipinski definition) is 6. The Morgan fingerprint density at radius 1 is 1.50 bits per heavy atom. The van der Waals surface area contributed by atoms with Crippen molar-refractivity contribution in [1.82, 2.24) is 9.97 Å². The Morgan fingerprint density at radius 2 is 2.25 bits per heavy atom. The third kappa shape index (κ3) is 3.08. The molecule has 16 heavy (non-hydrogen) atoms. The van der Waals surface area contributed by atoms with Crippen molar-refractivity contribution in [1.29, 1.82) is 0 Å². The molecule has 1 aromatic heterocycles. The molecule has 1 aliphatic carbocycles. The molecule has 0 saturated heterocycles. The van der Waals surface area contributed by atoms with Crippen molar-refractivity contribution >= 4 is 17.6 Å². The topological polar surface area (TPSA) is 76.1 Å². The predicted octanol–water partition coefficient (Wildman–Crippen LogP) is 0.636. The summed E-state index contributed by atoms with van der Waals surface area (Å²) < 4.78 is 4.52. The minimum atomic E-state index is -0.324. The number of nitrogens with zero attached hydrogens (tertiary/aromatic N) is 2. The quantitative estimate of drug-likeness (QED) is 0.712. The molecule has 0 aliphatic heterocycles. The fraction of sp³-hybridized carbons (Fsp3) is 0.500. The van der Waals surface area contributed by atoms with Crippen LogP contribution in [0.1, 0.15) is 12.8 Å². The van der Waals surface area contributed by atoms with Gasteiger partial charge in [-0.1, -0.05) is 0 Å². The summed E-state index contributed by atoms with van der Waals surface area (Å²) in [6, 6.07) is 2.32. The first-order valence-corrected chi connectivity index (χ1v) is 5.17. The van der Waals surface area contributed by atoms with Crippen molar-refractivity contribution in [2.24, 2.45) is 0 Å². The molecule has 0 atom stereocenters. The van der Waals surface area contributed by atoms with E-state index in [9.17, 15) is 4.79 Å². The molecule has 0 unspecified atom stereocenters. The molecule has 2 rings (SSSR count). The molecule has 86 valence electrons. The number of aromatic nitrogens is 2. The van der Waals surface area contributed by atoms with Gasteiger partial charge in [0.1, 0.15) is 24.5 Å². The van der Waals surface area contributed by atoms with E-state index in [0.717, 1.165) is 5.82 Å². The normalized spacial score (nSPS) is 14.3. The van der Waals surface area contributed by atoms with E-state index >= 15 is 0 Å². The number of rotatable bonds is 5. The monoisotopic (exact) mass is 222 g/mol. The van der Waals surface area contributed by atoms with Gasteiger partial charge in [-0.05, 0) is 12.8 Å². The van der Waals surface area contributed by atoms with Crippen LogP contribution in [-0.4, -0.2) is 35.6 Å². The molecular formula is C10H14N4O2. The molecule has 0 radical (unpaired) electrons. The molecule has 0 amide bonds. The molecule has 1 heterocycles.